The number of carbonyl (C=O) groups excluding carboxylic acids is 1. The molecule has 1 amide bonds. The number of nitrogens with two attached hydrogens (primary N) is 1. The van der Waals surface area contributed by atoms with Crippen LogP contribution in [0.1, 0.15) is 6.92 Å². The van der Waals surface area contributed by atoms with Gasteiger partial charge in [-0.15, -0.1) is 0 Å². The Labute approximate surface area is 105 Å². The first-order chi connectivity index (χ1) is 8.70. The SMILES string of the molecule is CCNC(=O)CNc1ncnc2ccc(N)cc12. The molecule has 0 aliphatic rings. The zero-order valence-electron chi connectivity index (χ0n) is 10.1. The first-order valence-electron chi connectivity index (χ1n) is 5.71. The summed E-state index contributed by atoms with van der Waals surface area (Å²) in [6.45, 7) is 2.66. The third kappa shape index (κ3) is 2.65. The van der Waals surface area contributed by atoms with Crippen LogP contribution in [0, 0.1) is 0 Å². The summed E-state index contributed by atoms with van der Waals surface area (Å²) in [5, 5.41) is 6.49. The van der Waals surface area contributed by atoms with Gasteiger partial charge in [-0.25, -0.2) is 9.97 Å². The third-order valence-corrected chi connectivity index (χ3v) is 2.45. The third-order valence-electron chi connectivity index (χ3n) is 2.45. The van der Waals surface area contributed by atoms with Gasteiger partial charge in [0.05, 0.1) is 12.1 Å². The van der Waals surface area contributed by atoms with Gasteiger partial charge >= 0.3 is 0 Å². The highest BCUT2D eigenvalue weighted by molar-refractivity contribution is 5.92. The smallest absolute Gasteiger partial charge is 0.239 e. The van der Waals surface area contributed by atoms with Gasteiger partial charge in [0.1, 0.15) is 12.1 Å². The molecule has 6 heteroatoms. The van der Waals surface area contributed by atoms with E-state index >= 15 is 0 Å². The number of hydrogen-bond acceptors (Lipinski definition) is 5. The van der Waals surface area contributed by atoms with Gasteiger partial charge in [-0.2, -0.15) is 0 Å². The molecule has 1 aromatic carbocycles. The van der Waals surface area contributed by atoms with Crippen molar-refractivity contribution in [3.05, 3.63) is 24.5 Å². The molecule has 0 fully saturated rings. The number of fused-ring (bicyclic) bond motifs is 1. The molecule has 0 aliphatic carbocycles. The average molecular weight is 245 g/mol. The fourth-order valence-corrected chi connectivity index (χ4v) is 1.64. The standard InChI is InChI=1S/C12H15N5O/c1-2-14-11(18)6-15-12-9-5-8(13)3-4-10(9)16-7-17-12/h3-5,7H,2,6,13H2,1H3,(H,14,18)(H,15,16,17). The van der Waals surface area contributed by atoms with Crippen molar-refractivity contribution in [1.29, 1.82) is 0 Å². The molecule has 0 unspecified atom stereocenters. The van der Waals surface area contributed by atoms with E-state index in [9.17, 15) is 4.79 Å². The molecule has 0 radical (unpaired) electrons. The molecule has 0 aliphatic heterocycles. The molecular weight excluding hydrogens is 230 g/mol. The monoisotopic (exact) mass is 245 g/mol. The number of aromatic nitrogens is 2. The summed E-state index contributed by atoms with van der Waals surface area (Å²) in [5.74, 6) is 0.534. The predicted molar refractivity (Wildman–Crippen MR) is 71.1 cm³/mol. The van der Waals surface area contributed by atoms with Gasteiger partial charge in [0.2, 0.25) is 5.91 Å². The molecule has 18 heavy (non-hydrogen) atoms. The number of benzene rings is 1. The first kappa shape index (κ1) is 12.1. The summed E-state index contributed by atoms with van der Waals surface area (Å²) in [7, 11) is 0. The van der Waals surface area contributed by atoms with Crippen molar-refractivity contribution in [2.24, 2.45) is 0 Å². The molecule has 0 atom stereocenters. The Balaban J connectivity index is 2.22. The quantitative estimate of drug-likeness (QED) is 0.691. The number of carbonyl (C=O) groups is 1. The second kappa shape index (κ2) is 5.31. The van der Waals surface area contributed by atoms with E-state index < -0.39 is 0 Å². The molecule has 0 saturated carbocycles. The highest BCUT2D eigenvalue weighted by Crippen LogP contribution is 2.21. The molecule has 0 saturated heterocycles. The molecule has 2 aromatic rings. The van der Waals surface area contributed by atoms with Crippen molar-refractivity contribution in [3.63, 3.8) is 0 Å². The van der Waals surface area contributed by atoms with Crippen molar-refractivity contribution < 1.29 is 4.79 Å². The van der Waals surface area contributed by atoms with Crippen LogP contribution in [-0.4, -0.2) is 29.0 Å². The van der Waals surface area contributed by atoms with Gasteiger partial charge in [-0.1, -0.05) is 0 Å². The minimum atomic E-state index is -0.0758. The average Bonchev–Trinajstić information content (AvgIpc) is 2.36. The normalized spacial score (nSPS) is 10.3. The molecule has 94 valence electrons. The van der Waals surface area contributed by atoms with E-state index in [1.54, 1.807) is 12.1 Å². The summed E-state index contributed by atoms with van der Waals surface area (Å²) in [6, 6.07) is 5.39. The Morgan fingerprint density at radius 3 is 3.00 bits per heavy atom. The highest BCUT2D eigenvalue weighted by Gasteiger charge is 2.05. The summed E-state index contributed by atoms with van der Waals surface area (Å²) in [5.41, 5.74) is 7.16. The highest BCUT2D eigenvalue weighted by atomic mass is 16.1. The number of anilines is 2. The number of hydrogen-bond donors (Lipinski definition) is 3. The number of nitrogens with one attached hydrogen (secondary N) is 2. The molecule has 0 spiro atoms. The minimum Gasteiger partial charge on any atom is -0.399 e. The Morgan fingerprint density at radius 1 is 1.39 bits per heavy atom. The van der Waals surface area contributed by atoms with E-state index in [0.717, 1.165) is 10.9 Å². The van der Waals surface area contributed by atoms with E-state index in [-0.39, 0.29) is 12.5 Å². The fourth-order valence-electron chi connectivity index (χ4n) is 1.64. The number of amides is 1. The molecule has 4 N–H and O–H groups in total. The first-order valence-corrected chi connectivity index (χ1v) is 5.71. The Bertz CT molecular complexity index is 569. The van der Waals surface area contributed by atoms with Crippen LogP contribution in [0.3, 0.4) is 0 Å². The number of nitrogens with zero attached hydrogens (tertiary/aromatic N) is 2. The number of likely N-dealkylation sites (N-methyl/N-ethyl adjacent to an activating group) is 1. The van der Waals surface area contributed by atoms with Crippen LogP contribution in [0.25, 0.3) is 10.9 Å². The van der Waals surface area contributed by atoms with Gasteiger partial charge in [0.25, 0.3) is 0 Å². The van der Waals surface area contributed by atoms with E-state index in [2.05, 4.69) is 20.6 Å². The molecule has 1 heterocycles. The summed E-state index contributed by atoms with van der Waals surface area (Å²) < 4.78 is 0. The molecule has 2 rings (SSSR count). The van der Waals surface area contributed by atoms with Crippen molar-refractivity contribution >= 4 is 28.3 Å². The van der Waals surface area contributed by atoms with Gasteiger partial charge in [-0.05, 0) is 25.1 Å². The van der Waals surface area contributed by atoms with E-state index in [0.29, 0.717) is 18.1 Å². The summed E-state index contributed by atoms with van der Waals surface area (Å²) >= 11 is 0. The van der Waals surface area contributed by atoms with Crippen LogP contribution < -0.4 is 16.4 Å². The molecule has 6 nitrogen and oxygen atoms in total. The number of nitrogen functional groups attached to an aromatic ring is 1. The van der Waals surface area contributed by atoms with E-state index in [4.69, 9.17) is 5.73 Å². The minimum absolute atomic E-state index is 0.0758. The second-order valence-corrected chi connectivity index (χ2v) is 3.81. The molecule has 0 bridgehead atoms. The maximum absolute atomic E-state index is 11.4. The van der Waals surface area contributed by atoms with Crippen LogP contribution in [0.2, 0.25) is 0 Å². The van der Waals surface area contributed by atoms with Crippen LogP contribution in [0.4, 0.5) is 11.5 Å². The lowest BCUT2D eigenvalue weighted by atomic mass is 10.2. The molecule has 1 aromatic heterocycles. The summed E-state index contributed by atoms with van der Waals surface area (Å²) in [4.78, 5) is 19.6. The second-order valence-electron chi connectivity index (χ2n) is 3.81. The van der Waals surface area contributed by atoms with Gasteiger partial charge < -0.3 is 16.4 Å². The Hall–Kier alpha value is -2.37. The summed E-state index contributed by atoms with van der Waals surface area (Å²) in [6.07, 6.45) is 1.46. The zero-order valence-corrected chi connectivity index (χ0v) is 10.1. The number of rotatable bonds is 4. The van der Waals surface area contributed by atoms with Crippen LogP contribution >= 0.6 is 0 Å². The largest absolute Gasteiger partial charge is 0.399 e. The maximum Gasteiger partial charge on any atom is 0.239 e. The van der Waals surface area contributed by atoms with Crippen molar-refractivity contribution in [2.75, 3.05) is 24.1 Å². The lowest BCUT2D eigenvalue weighted by Crippen LogP contribution is -2.29. The van der Waals surface area contributed by atoms with Crippen LogP contribution in [0.15, 0.2) is 24.5 Å². The maximum atomic E-state index is 11.4. The van der Waals surface area contributed by atoms with Crippen LogP contribution in [0.5, 0.6) is 0 Å². The van der Waals surface area contributed by atoms with Crippen LogP contribution in [-0.2, 0) is 4.79 Å². The van der Waals surface area contributed by atoms with E-state index in [1.807, 2.05) is 13.0 Å². The fraction of sp³-hybridized carbons (Fsp3) is 0.250. The predicted octanol–water partition coefficient (Wildman–Crippen LogP) is 0.760. The van der Waals surface area contributed by atoms with Crippen molar-refractivity contribution in [2.45, 2.75) is 6.92 Å². The van der Waals surface area contributed by atoms with Crippen molar-refractivity contribution in [3.8, 4) is 0 Å². The van der Waals surface area contributed by atoms with Gasteiger partial charge in [0, 0.05) is 17.6 Å². The Kier molecular flexibility index (Phi) is 3.57. The lowest BCUT2D eigenvalue weighted by Gasteiger charge is -2.08. The molecular formula is C12H15N5O. The Morgan fingerprint density at radius 2 is 2.22 bits per heavy atom. The van der Waals surface area contributed by atoms with Gasteiger partial charge in [0.15, 0.2) is 0 Å². The zero-order chi connectivity index (χ0) is 13.0. The van der Waals surface area contributed by atoms with Crippen molar-refractivity contribution in [1.82, 2.24) is 15.3 Å². The van der Waals surface area contributed by atoms with E-state index in [1.165, 1.54) is 6.33 Å². The van der Waals surface area contributed by atoms with Gasteiger partial charge in [-0.3, -0.25) is 4.79 Å². The topological polar surface area (TPSA) is 92.9 Å². The lowest BCUT2D eigenvalue weighted by molar-refractivity contribution is -0.119.